The highest BCUT2D eigenvalue weighted by atomic mass is 32.2. The molecule has 0 radical (unpaired) electrons. The number of hydrogen-bond donors (Lipinski definition) is 2. The van der Waals surface area contributed by atoms with E-state index in [1.807, 2.05) is 6.92 Å². The van der Waals surface area contributed by atoms with Gasteiger partial charge in [-0.2, -0.15) is 11.8 Å². The van der Waals surface area contributed by atoms with Gasteiger partial charge in [0.05, 0.1) is 17.3 Å². The van der Waals surface area contributed by atoms with Crippen molar-refractivity contribution in [2.45, 2.75) is 19.4 Å². The van der Waals surface area contributed by atoms with Crippen molar-refractivity contribution in [3.63, 3.8) is 0 Å². The van der Waals surface area contributed by atoms with Crippen LogP contribution in [0.5, 0.6) is 0 Å². The van der Waals surface area contributed by atoms with Gasteiger partial charge in [-0.1, -0.05) is 6.92 Å². The maximum atomic E-state index is 11.5. The molecule has 0 aromatic carbocycles. The number of nitrogens with one attached hydrogen (secondary N) is 1. The first-order chi connectivity index (χ1) is 7.93. The van der Waals surface area contributed by atoms with Crippen LogP contribution in [-0.2, 0) is 14.6 Å². The maximum absolute atomic E-state index is 11.5. The van der Waals surface area contributed by atoms with E-state index in [1.54, 1.807) is 0 Å². The van der Waals surface area contributed by atoms with Crippen molar-refractivity contribution in [1.29, 1.82) is 0 Å². The van der Waals surface area contributed by atoms with Gasteiger partial charge in [-0.05, 0) is 24.6 Å². The van der Waals surface area contributed by atoms with Crippen LogP contribution in [0.15, 0.2) is 0 Å². The van der Waals surface area contributed by atoms with Crippen LogP contribution in [-0.4, -0.2) is 49.9 Å². The largest absolute Gasteiger partial charge is 0.352 e. The van der Waals surface area contributed by atoms with Gasteiger partial charge in [-0.25, -0.2) is 8.42 Å². The number of hydrogen-bond acceptors (Lipinski definition) is 5. The number of sulfone groups is 1. The smallest absolute Gasteiger partial charge is 0.230 e. The summed E-state index contributed by atoms with van der Waals surface area (Å²) >= 11 is 1.54. The monoisotopic (exact) mass is 280 g/mol. The molecule has 5 nitrogen and oxygen atoms in total. The lowest BCUT2D eigenvalue weighted by Crippen LogP contribution is -2.36. The first kappa shape index (κ1) is 14.8. The molecular weight excluding hydrogens is 260 g/mol. The molecule has 2 unspecified atom stereocenters. The molecule has 7 heteroatoms. The molecule has 3 N–H and O–H groups in total. The Kier molecular flexibility index (Phi) is 5.75. The van der Waals surface area contributed by atoms with E-state index >= 15 is 0 Å². The fourth-order valence-electron chi connectivity index (χ4n) is 1.60. The minimum Gasteiger partial charge on any atom is -0.352 e. The lowest BCUT2D eigenvalue weighted by Gasteiger charge is -2.11. The van der Waals surface area contributed by atoms with Crippen LogP contribution in [0.25, 0.3) is 0 Å². The summed E-state index contributed by atoms with van der Waals surface area (Å²) in [5.74, 6) is 1.83. The van der Waals surface area contributed by atoms with Crippen LogP contribution < -0.4 is 11.1 Å². The van der Waals surface area contributed by atoms with E-state index in [1.165, 1.54) is 11.8 Å². The summed E-state index contributed by atoms with van der Waals surface area (Å²) in [6.45, 7) is 2.66. The molecule has 0 bridgehead atoms. The van der Waals surface area contributed by atoms with Crippen molar-refractivity contribution in [1.82, 2.24) is 5.32 Å². The van der Waals surface area contributed by atoms with Gasteiger partial charge in [0, 0.05) is 6.04 Å². The lowest BCUT2D eigenvalue weighted by atomic mass is 10.2. The molecule has 17 heavy (non-hydrogen) atoms. The summed E-state index contributed by atoms with van der Waals surface area (Å²) in [6.07, 6.45) is 0.540. The van der Waals surface area contributed by atoms with Gasteiger partial charge in [-0.15, -0.1) is 0 Å². The Hall–Kier alpha value is -0.270. The Morgan fingerprint density at radius 3 is 2.82 bits per heavy atom. The van der Waals surface area contributed by atoms with E-state index in [0.717, 1.165) is 5.75 Å². The van der Waals surface area contributed by atoms with Gasteiger partial charge in [-0.3, -0.25) is 4.79 Å². The van der Waals surface area contributed by atoms with Crippen molar-refractivity contribution < 1.29 is 13.2 Å². The average molecular weight is 280 g/mol. The molecule has 1 fully saturated rings. The maximum Gasteiger partial charge on any atom is 0.230 e. The third kappa shape index (κ3) is 5.74. The van der Waals surface area contributed by atoms with Crippen molar-refractivity contribution in [3.05, 3.63) is 0 Å². The van der Waals surface area contributed by atoms with Crippen LogP contribution >= 0.6 is 11.8 Å². The lowest BCUT2D eigenvalue weighted by molar-refractivity contribution is -0.119. The molecule has 1 amide bonds. The van der Waals surface area contributed by atoms with Gasteiger partial charge >= 0.3 is 0 Å². The van der Waals surface area contributed by atoms with Crippen LogP contribution in [0, 0.1) is 5.92 Å². The van der Waals surface area contributed by atoms with Gasteiger partial charge in [0.25, 0.3) is 0 Å². The van der Waals surface area contributed by atoms with Crippen molar-refractivity contribution in [2.75, 3.05) is 29.6 Å². The Labute approximate surface area is 107 Å². The standard InChI is InChI=1S/C10H20N2O3S2/c1-8(4-11)5-16-6-10(13)12-9-2-3-17(14,15)7-9/h8-9H,2-7,11H2,1H3,(H,12,13). The molecule has 0 aliphatic carbocycles. The Balaban J connectivity index is 2.18. The summed E-state index contributed by atoms with van der Waals surface area (Å²) in [6, 6.07) is -0.194. The van der Waals surface area contributed by atoms with Gasteiger partial charge in [0.2, 0.25) is 5.91 Å². The third-order valence-electron chi connectivity index (χ3n) is 2.64. The van der Waals surface area contributed by atoms with Crippen LogP contribution in [0.2, 0.25) is 0 Å². The minimum atomic E-state index is -2.92. The molecule has 2 atom stereocenters. The predicted molar refractivity (Wildman–Crippen MR) is 70.7 cm³/mol. The first-order valence-corrected chi connectivity index (χ1v) is 8.68. The second-order valence-corrected chi connectivity index (χ2v) is 7.78. The van der Waals surface area contributed by atoms with Gasteiger partial charge < -0.3 is 11.1 Å². The topological polar surface area (TPSA) is 89.3 Å². The molecule has 100 valence electrons. The van der Waals surface area contributed by atoms with Crippen LogP contribution in [0.3, 0.4) is 0 Å². The zero-order valence-corrected chi connectivity index (χ0v) is 11.6. The molecule has 1 aliphatic rings. The molecule has 1 saturated heterocycles. The summed E-state index contributed by atoms with van der Waals surface area (Å²) in [5.41, 5.74) is 5.47. The van der Waals surface area contributed by atoms with E-state index in [0.29, 0.717) is 24.6 Å². The van der Waals surface area contributed by atoms with E-state index < -0.39 is 9.84 Å². The number of nitrogens with two attached hydrogens (primary N) is 1. The summed E-state index contributed by atoms with van der Waals surface area (Å²) in [4.78, 5) is 11.5. The Bertz CT molecular complexity index is 357. The average Bonchev–Trinajstić information content (AvgIpc) is 2.57. The summed E-state index contributed by atoms with van der Waals surface area (Å²) in [5, 5.41) is 2.76. The molecule has 0 aromatic heterocycles. The van der Waals surface area contributed by atoms with Gasteiger partial charge in [0.15, 0.2) is 9.84 Å². The van der Waals surface area contributed by atoms with Crippen molar-refractivity contribution >= 4 is 27.5 Å². The normalized spacial score (nSPS) is 24.5. The highest BCUT2D eigenvalue weighted by molar-refractivity contribution is 7.99. The second kappa shape index (κ2) is 6.61. The number of rotatable bonds is 6. The fraction of sp³-hybridized carbons (Fsp3) is 0.900. The van der Waals surface area contributed by atoms with E-state index in [-0.39, 0.29) is 23.5 Å². The van der Waals surface area contributed by atoms with Gasteiger partial charge in [0.1, 0.15) is 0 Å². The minimum absolute atomic E-state index is 0.0821. The molecule has 1 heterocycles. The fourth-order valence-corrected chi connectivity index (χ4v) is 4.20. The predicted octanol–water partition coefficient (Wildman–Crippen LogP) is -0.382. The summed E-state index contributed by atoms with van der Waals surface area (Å²) in [7, 11) is -2.92. The third-order valence-corrected chi connectivity index (χ3v) is 5.67. The number of carbonyl (C=O) groups is 1. The molecule has 1 rings (SSSR count). The van der Waals surface area contributed by atoms with E-state index in [2.05, 4.69) is 5.32 Å². The van der Waals surface area contributed by atoms with Crippen molar-refractivity contribution in [2.24, 2.45) is 11.7 Å². The quantitative estimate of drug-likeness (QED) is 0.692. The Morgan fingerprint density at radius 2 is 2.29 bits per heavy atom. The molecule has 0 saturated carbocycles. The highest BCUT2D eigenvalue weighted by Crippen LogP contribution is 2.12. The SMILES string of the molecule is CC(CN)CSCC(=O)NC1CCS(=O)(=O)C1. The Morgan fingerprint density at radius 1 is 1.59 bits per heavy atom. The highest BCUT2D eigenvalue weighted by Gasteiger charge is 2.28. The number of amides is 1. The molecule has 0 spiro atoms. The number of carbonyl (C=O) groups excluding carboxylic acids is 1. The van der Waals surface area contributed by atoms with E-state index in [4.69, 9.17) is 5.73 Å². The van der Waals surface area contributed by atoms with Crippen molar-refractivity contribution in [3.8, 4) is 0 Å². The first-order valence-electron chi connectivity index (χ1n) is 5.70. The van der Waals surface area contributed by atoms with Crippen LogP contribution in [0.4, 0.5) is 0 Å². The zero-order valence-electron chi connectivity index (χ0n) is 10.0. The zero-order chi connectivity index (χ0) is 12.9. The number of thioether (sulfide) groups is 1. The van der Waals surface area contributed by atoms with E-state index in [9.17, 15) is 13.2 Å². The summed E-state index contributed by atoms with van der Waals surface area (Å²) < 4.78 is 22.4. The van der Waals surface area contributed by atoms with Crippen LogP contribution in [0.1, 0.15) is 13.3 Å². The molecular formula is C10H20N2O3S2. The second-order valence-electron chi connectivity index (χ2n) is 4.52. The molecule has 0 aromatic rings. The molecule has 1 aliphatic heterocycles.